The molecule has 1 aliphatic heterocycles. The number of hydrogen-bond acceptors (Lipinski definition) is 3. The van der Waals surface area contributed by atoms with E-state index < -0.39 is 18.1 Å². The van der Waals surface area contributed by atoms with Gasteiger partial charge in [-0.05, 0) is 36.8 Å². The number of carbonyl (C=O) groups is 2. The lowest BCUT2D eigenvalue weighted by Crippen LogP contribution is -2.49. The Kier molecular flexibility index (Phi) is 5.64. The van der Waals surface area contributed by atoms with Crippen molar-refractivity contribution in [3.63, 3.8) is 0 Å². The lowest BCUT2D eigenvalue weighted by atomic mass is 10.0. The van der Waals surface area contributed by atoms with Gasteiger partial charge < -0.3 is 14.7 Å². The lowest BCUT2D eigenvalue weighted by molar-refractivity contribution is -0.152. The molecule has 2 unspecified atom stereocenters. The van der Waals surface area contributed by atoms with E-state index in [0.29, 0.717) is 18.7 Å². The second kappa shape index (κ2) is 7.49. The van der Waals surface area contributed by atoms with Crippen LogP contribution in [0.2, 0.25) is 0 Å². The van der Waals surface area contributed by atoms with Gasteiger partial charge in [-0.15, -0.1) is 0 Å². The maximum absolute atomic E-state index is 12.8. The first-order valence-corrected chi connectivity index (χ1v) is 8.23. The summed E-state index contributed by atoms with van der Waals surface area (Å²) in [6, 6.07) is 6.94. The van der Waals surface area contributed by atoms with Gasteiger partial charge in [0.25, 0.3) is 5.91 Å². The molecule has 0 saturated carbocycles. The Labute approximate surface area is 137 Å². The molecule has 1 fully saturated rings. The molecule has 1 aromatic rings. The Morgan fingerprint density at radius 2 is 2.04 bits per heavy atom. The van der Waals surface area contributed by atoms with E-state index >= 15 is 0 Å². The predicted molar refractivity (Wildman–Crippen MR) is 87.4 cm³/mol. The zero-order valence-electron chi connectivity index (χ0n) is 14.0. The number of amides is 1. The number of likely N-dealkylation sites (tertiary alicyclic amines) is 1. The van der Waals surface area contributed by atoms with Gasteiger partial charge in [-0.1, -0.05) is 39.0 Å². The lowest BCUT2D eigenvalue weighted by Gasteiger charge is -2.29. The minimum absolute atomic E-state index is 0.0394. The van der Waals surface area contributed by atoms with Crippen LogP contribution in [0.3, 0.4) is 0 Å². The van der Waals surface area contributed by atoms with Crippen molar-refractivity contribution in [1.29, 1.82) is 0 Å². The molecule has 0 aliphatic carbocycles. The number of hydrogen-bond donors (Lipinski definition) is 1. The van der Waals surface area contributed by atoms with Crippen molar-refractivity contribution in [2.75, 3.05) is 6.54 Å². The third kappa shape index (κ3) is 3.84. The zero-order valence-corrected chi connectivity index (χ0v) is 14.0. The third-order valence-electron chi connectivity index (χ3n) is 4.28. The van der Waals surface area contributed by atoms with Crippen molar-refractivity contribution in [3.05, 3.63) is 29.8 Å². The molecule has 2 atom stereocenters. The third-order valence-corrected chi connectivity index (χ3v) is 4.28. The fraction of sp³-hybridized carbons (Fsp3) is 0.556. The van der Waals surface area contributed by atoms with E-state index in [2.05, 4.69) is 0 Å². The largest absolute Gasteiger partial charge is 0.480 e. The molecule has 126 valence electrons. The van der Waals surface area contributed by atoms with Crippen LogP contribution in [0.25, 0.3) is 0 Å². The first kappa shape index (κ1) is 17.3. The number of ether oxygens (including phenoxy) is 1. The normalized spacial score (nSPS) is 19.0. The average molecular weight is 319 g/mol. The molecule has 1 heterocycles. The maximum Gasteiger partial charge on any atom is 0.326 e. The minimum atomic E-state index is -0.938. The standard InChI is InChI=1S/C18H25NO4/c1-4-13-8-5-6-10-15(13)23-16(12(2)3)17(20)19-11-7-9-14(19)18(21)22/h5-6,8,10,12,14,16H,4,7,9,11H2,1-3H3,(H,21,22). The molecule has 0 radical (unpaired) electrons. The van der Waals surface area contributed by atoms with Crippen LogP contribution in [-0.4, -0.2) is 40.6 Å². The minimum Gasteiger partial charge on any atom is -0.480 e. The summed E-state index contributed by atoms with van der Waals surface area (Å²) in [5.74, 6) is -0.501. The van der Waals surface area contributed by atoms with Crippen LogP contribution in [0.4, 0.5) is 0 Å². The molecule has 1 aromatic carbocycles. The van der Waals surface area contributed by atoms with Gasteiger partial charge in [-0.2, -0.15) is 0 Å². The van der Waals surface area contributed by atoms with Crippen LogP contribution in [0.15, 0.2) is 24.3 Å². The summed E-state index contributed by atoms with van der Waals surface area (Å²) >= 11 is 0. The Hall–Kier alpha value is -2.04. The number of carbonyl (C=O) groups excluding carboxylic acids is 1. The molecule has 1 saturated heterocycles. The van der Waals surface area contributed by atoms with E-state index in [9.17, 15) is 14.7 Å². The van der Waals surface area contributed by atoms with Crippen molar-refractivity contribution in [2.24, 2.45) is 5.92 Å². The van der Waals surface area contributed by atoms with Crippen molar-refractivity contribution in [1.82, 2.24) is 4.90 Å². The van der Waals surface area contributed by atoms with Crippen LogP contribution < -0.4 is 4.74 Å². The Bertz CT molecular complexity index is 570. The molecule has 1 N–H and O–H groups in total. The van der Waals surface area contributed by atoms with Crippen LogP contribution in [0, 0.1) is 5.92 Å². The summed E-state index contributed by atoms with van der Waals surface area (Å²) < 4.78 is 6.02. The highest BCUT2D eigenvalue weighted by atomic mass is 16.5. The number of carboxylic acid groups (broad SMARTS) is 1. The van der Waals surface area contributed by atoms with E-state index in [0.717, 1.165) is 18.4 Å². The quantitative estimate of drug-likeness (QED) is 0.875. The smallest absolute Gasteiger partial charge is 0.326 e. The zero-order chi connectivity index (χ0) is 17.0. The summed E-state index contributed by atoms with van der Waals surface area (Å²) in [4.78, 5) is 25.6. The van der Waals surface area contributed by atoms with Crippen LogP contribution >= 0.6 is 0 Å². The predicted octanol–water partition coefficient (Wildman–Crippen LogP) is 2.73. The van der Waals surface area contributed by atoms with E-state index in [1.165, 1.54) is 4.90 Å². The van der Waals surface area contributed by atoms with E-state index in [4.69, 9.17) is 4.74 Å². The first-order chi connectivity index (χ1) is 11.0. The van der Waals surface area contributed by atoms with Gasteiger partial charge in [0, 0.05) is 6.54 Å². The topological polar surface area (TPSA) is 66.8 Å². The SMILES string of the molecule is CCc1ccccc1OC(C(=O)N1CCCC1C(=O)O)C(C)C. The highest BCUT2D eigenvalue weighted by Crippen LogP contribution is 2.25. The molecule has 5 nitrogen and oxygen atoms in total. The molecular weight excluding hydrogens is 294 g/mol. The summed E-state index contributed by atoms with van der Waals surface area (Å²) in [5, 5.41) is 9.29. The summed E-state index contributed by atoms with van der Waals surface area (Å²) in [6.07, 6.45) is 1.38. The first-order valence-electron chi connectivity index (χ1n) is 8.23. The van der Waals surface area contributed by atoms with Gasteiger partial charge in [0.15, 0.2) is 6.10 Å². The Morgan fingerprint density at radius 3 is 2.65 bits per heavy atom. The fourth-order valence-corrected chi connectivity index (χ4v) is 2.97. The van der Waals surface area contributed by atoms with E-state index in [1.54, 1.807) is 0 Å². The number of rotatable bonds is 6. The van der Waals surface area contributed by atoms with Gasteiger partial charge in [0.1, 0.15) is 11.8 Å². The number of nitrogens with zero attached hydrogens (tertiary/aromatic N) is 1. The van der Waals surface area contributed by atoms with Crippen molar-refractivity contribution in [3.8, 4) is 5.75 Å². The number of aryl methyl sites for hydroxylation is 1. The van der Waals surface area contributed by atoms with E-state index in [-0.39, 0.29) is 11.8 Å². The highest BCUT2D eigenvalue weighted by Gasteiger charge is 2.39. The average Bonchev–Trinajstić information content (AvgIpc) is 3.01. The maximum atomic E-state index is 12.8. The van der Waals surface area contributed by atoms with Gasteiger partial charge in [-0.25, -0.2) is 4.79 Å². The summed E-state index contributed by atoms with van der Waals surface area (Å²) in [7, 11) is 0. The molecule has 1 amide bonds. The number of aliphatic carboxylic acids is 1. The monoisotopic (exact) mass is 319 g/mol. The molecule has 0 aromatic heterocycles. The number of benzene rings is 1. The summed E-state index contributed by atoms with van der Waals surface area (Å²) in [5.41, 5.74) is 1.04. The van der Waals surface area contributed by atoms with Crippen LogP contribution in [0.5, 0.6) is 5.75 Å². The second-order valence-electron chi connectivity index (χ2n) is 6.27. The summed E-state index contributed by atoms with van der Waals surface area (Å²) in [6.45, 7) is 6.36. The molecule has 0 bridgehead atoms. The number of carboxylic acids is 1. The molecule has 2 rings (SSSR count). The molecular formula is C18H25NO4. The molecule has 1 aliphatic rings. The number of para-hydroxylation sites is 1. The van der Waals surface area contributed by atoms with Crippen LogP contribution in [-0.2, 0) is 16.0 Å². The highest BCUT2D eigenvalue weighted by molar-refractivity contribution is 5.87. The van der Waals surface area contributed by atoms with Gasteiger partial charge in [0.2, 0.25) is 0 Å². The van der Waals surface area contributed by atoms with Gasteiger partial charge >= 0.3 is 5.97 Å². The molecule has 0 spiro atoms. The Balaban J connectivity index is 2.21. The van der Waals surface area contributed by atoms with Gasteiger partial charge in [0.05, 0.1) is 0 Å². The Morgan fingerprint density at radius 1 is 1.35 bits per heavy atom. The van der Waals surface area contributed by atoms with E-state index in [1.807, 2.05) is 45.0 Å². The van der Waals surface area contributed by atoms with Crippen molar-refractivity contribution >= 4 is 11.9 Å². The van der Waals surface area contributed by atoms with Crippen molar-refractivity contribution in [2.45, 2.75) is 52.2 Å². The van der Waals surface area contributed by atoms with Crippen LogP contribution in [0.1, 0.15) is 39.2 Å². The molecule has 5 heteroatoms. The molecule has 23 heavy (non-hydrogen) atoms. The second-order valence-corrected chi connectivity index (χ2v) is 6.27. The van der Waals surface area contributed by atoms with Gasteiger partial charge in [-0.3, -0.25) is 4.79 Å². The van der Waals surface area contributed by atoms with Crippen molar-refractivity contribution < 1.29 is 19.4 Å². The fourth-order valence-electron chi connectivity index (χ4n) is 2.97.